The van der Waals surface area contributed by atoms with Gasteiger partial charge < -0.3 is 21.1 Å². The highest BCUT2D eigenvalue weighted by Crippen LogP contribution is 1.98. The third-order valence-electron chi connectivity index (χ3n) is 3.25. The van der Waals surface area contributed by atoms with Crippen LogP contribution >= 0.6 is 0 Å². The van der Waals surface area contributed by atoms with Crippen molar-refractivity contribution in [1.82, 2.24) is 16.0 Å². The smallest absolute Gasteiger partial charge is 0.0788 e. The van der Waals surface area contributed by atoms with Crippen LogP contribution in [-0.2, 0) is 6.54 Å². The monoisotopic (exact) mass is 249 g/mol. The normalized spacial score (nSPS) is 21.1. The topological polar surface area (TPSA) is 56.3 Å². The quantitative estimate of drug-likeness (QED) is 0.553. The van der Waals surface area contributed by atoms with E-state index in [9.17, 15) is 5.11 Å². The lowest BCUT2D eigenvalue weighted by atomic mass is 10.2. The first-order chi connectivity index (χ1) is 8.84. The van der Waals surface area contributed by atoms with E-state index in [1.165, 1.54) is 5.56 Å². The number of rotatable bonds is 7. The van der Waals surface area contributed by atoms with Crippen molar-refractivity contribution in [1.29, 1.82) is 0 Å². The van der Waals surface area contributed by atoms with Crippen LogP contribution in [0.25, 0.3) is 0 Å². The summed E-state index contributed by atoms with van der Waals surface area (Å²) in [7, 11) is 0. The first-order valence-electron chi connectivity index (χ1n) is 6.71. The second kappa shape index (κ2) is 7.48. The summed E-state index contributed by atoms with van der Waals surface area (Å²) in [6, 6.07) is 10.8. The number of benzene rings is 1. The van der Waals surface area contributed by atoms with E-state index in [4.69, 9.17) is 0 Å². The summed E-state index contributed by atoms with van der Waals surface area (Å²) in [6.45, 7) is 4.20. The Balaban J connectivity index is 1.55. The van der Waals surface area contributed by atoms with E-state index in [2.05, 4.69) is 28.1 Å². The van der Waals surface area contributed by atoms with E-state index in [-0.39, 0.29) is 6.10 Å². The second-order valence-electron chi connectivity index (χ2n) is 4.87. The zero-order valence-electron chi connectivity index (χ0n) is 10.7. The summed E-state index contributed by atoms with van der Waals surface area (Å²) >= 11 is 0. The molecule has 0 aliphatic carbocycles. The van der Waals surface area contributed by atoms with E-state index in [1.807, 2.05) is 18.2 Å². The largest absolute Gasteiger partial charge is 0.390 e. The summed E-state index contributed by atoms with van der Waals surface area (Å²) in [5.74, 6) is 0. The molecular weight excluding hydrogens is 226 g/mol. The SMILES string of the molecule is OC(CNCc1ccccc1)CNC1CCNC1. The maximum Gasteiger partial charge on any atom is 0.0788 e. The minimum absolute atomic E-state index is 0.325. The van der Waals surface area contributed by atoms with Gasteiger partial charge in [0, 0.05) is 32.2 Å². The van der Waals surface area contributed by atoms with Gasteiger partial charge in [-0.15, -0.1) is 0 Å². The lowest BCUT2D eigenvalue weighted by Crippen LogP contribution is -2.40. The first kappa shape index (κ1) is 13.5. The van der Waals surface area contributed by atoms with E-state index >= 15 is 0 Å². The van der Waals surface area contributed by atoms with Crippen LogP contribution in [0.5, 0.6) is 0 Å². The Kier molecular flexibility index (Phi) is 5.61. The summed E-state index contributed by atoms with van der Waals surface area (Å²) in [4.78, 5) is 0. The molecule has 18 heavy (non-hydrogen) atoms. The molecule has 0 bridgehead atoms. The summed E-state index contributed by atoms with van der Waals surface area (Å²) in [5, 5.41) is 19.8. The number of hydrogen-bond donors (Lipinski definition) is 4. The van der Waals surface area contributed by atoms with Gasteiger partial charge in [-0.3, -0.25) is 0 Å². The van der Waals surface area contributed by atoms with Crippen LogP contribution in [0, 0.1) is 0 Å². The van der Waals surface area contributed by atoms with Crippen LogP contribution in [0.3, 0.4) is 0 Å². The molecule has 1 aromatic carbocycles. The Morgan fingerprint density at radius 1 is 1.28 bits per heavy atom. The van der Waals surface area contributed by atoms with Gasteiger partial charge in [0.1, 0.15) is 0 Å². The molecule has 100 valence electrons. The zero-order chi connectivity index (χ0) is 12.6. The van der Waals surface area contributed by atoms with Crippen molar-refractivity contribution in [2.24, 2.45) is 0 Å². The van der Waals surface area contributed by atoms with Crippen molar-refractivity contribution in [2.75, 3.05) is 26.2 Å². The van der Waals surface area contributed by atoms with Crippen LogP contribution in [0.1, 0.15) is 12.0 Å². The highest BCUT2D eigenvalue weighted by atomic mass is 16.3. The fourth-order valence-corrected chi connectivity index (χ4v) is 2.18. The molecule has 1 aliphatic heterocycles. The molecule has 2 atom stereocenters. The van der Waals surface area contributed by atoms with Gasteiger partial charge in [0.25, 0.3) is 0 Å². The lowest BCUT2D eigenvalue weighted by Gasteiger charge is -2.16. The fraction of sp³-hybridized carbons (Fsp3) is 0.571. The molecule has 4 nitrogen and oxygen atoms in total. The molecule has 1 saturated heterocycles. The number of aliphatic hydroxyl groups excluding tert-OH is 1. The van der Waals surface area contributed by atoms with Crippen LogP contribution in [0.15, 0.2) is 30.3 Å². The molecule has 0 spiro atoms. The highest BCUT2D eigenvalue weighted by Gasteiger charge is 2.14. The van der Waals surface area contributed by atoms with Gasteiger partial charge in [0.15, 0.2) is 0 Å². The Morgan fingerprint density at radius 2 is 2.11 bits per heavy atom. The van der Waals surface area contributed by atoms with Gasteiger partial charge in [0.05, 0.1) is 6.10 Å². The van der Waals surface area contributed by atoms with Crippen LogP contribution in [0.2, 0.25) is 0 Å². The molecule has 0 amide bonds. The van der Waals surface area contributed by atoms with E-state index < -0.39 is 0 Å². The first-order valence-corrected chi connectivity index (χ1v) is 6.71. The standard InChI is InChI=1S/C14H23N3O/c18-14(11-17-13-6-7-15-9-13)10-16-8-12-4-2-1-3-5-12/h1-5,13-18H,6-11H2. The molecule has 0 radical (unpaired) electrons. The van der Waals surface area contributed by atoms with Crippen LogP contribution in [-0.4, -0.2) is 43.4 Å². The zero-order valence-corrected chi connectivity index (χ0v) is 10.7. The van der Waals surface area contributed by atoms with Crippen molar-refractivity contribution in [3.05, 3.63) is 35.9 Å². The van der Waals surface area contributed by atoms with Crippen molar-refractivity contribution in [3.8, 4) is 0 Å². The van der Waals surface area contributed by atoms with Crippen molar-refractivity contribution < 1.29 is 5.11 Å². The average Bonchev–Trinajstić information content (AvgIpc) is 2.91. The van der Waals surface area contributed by atoms with Crippen LogP contribution in [0.4, 0.5) is 0 Å². The molecule has 1 aromatic rings. The molecule has 2 rings (SSSR count). The molecule has 2 unspecified atom stereocenters. The third-order valence-corrected chi connectivity index (χ3v) is 3.25. The minimum atomic E-state index is -0.325. The molecule has 1 heterocycles. The molecule has 1 fully saturated rings. The molecule has 4 N–H and O–H groups in total. The van der Waals surface area contributed by atoms with Crippen molar-refractivity contribution in [2.45, 2.75) is 25.1 Å². The minimum Gasteiger partial charge on any atom is -0.390 e. The molecule has 4 heteroatoms. The van der Waals surface area contributed by atoms with E-state index in [1.54, 1.807) is 0 Å². The van der Waals surface area contributed by atoms with Gasteiger partial charge >= 0.3 is 0 Å². The number of nitrogens with one attached hydrogen (secondary N) is 3. The lowest BCUT2D eigenvalue weighted by molar-refractivity contribution is 0.164. The van der Waals surface area contributed by atoms with E-state index in [0.717, 1.165) is 26.1 Å². The molecule has 1 aliphatic rings. The summed E-state index contributed by atoms with van der Waals surface area (Å²) in [5.41, 5.74) is 1.25. The van der Waals surface area contributed by atoms with Crippen molar-refractivity contribution >= 4 is 0 Å². The Labute approximate surface area is 109 Å². The predicted molar refractivity (Wildman–Crippen MR) is 73.4 cm³/mol. The summed E-state index contributed by atoms with van der Waals surface area (Å²) in [6.07, 6.45) is 0.832. The Hall–Kier alpha value is -0.940. The fourth-order valence-electron chi connectivity index (χ4n) is 2.18. The maximum atomic E-state index is 9.84. The number of hydrogen-bond acceptors (Lipinski definition) is 4. The maximum absolute atomic E-state index is 9.84. The van der Waals surface area contributed by atoms with Gasteiger partial charge in [-0.25, -0.2) is 0 Å². The summed E-state index contributed by atoms with van der Waals surface area (Å²) < 4.78 is 0. The van der Waals surface area contributed by atoms with Gasteiger partial charge in [-0.1, -0.05) is 30.3 Å². The molecule has 0 saturated carbocycles. The highest BCUT2D eigenvalue weighted by molar-refractivity contribution is 5.14. The Bertz CT molecular complexity index is 325. The Morgan fingerprint density at radius 3 is 2.83 bits per heavy atom. The van der Waals surface area contributed by atoms with Crippen molar-refractivity contribution in [3.63, 3.8) is 0 Å². The average molecular weight is 249 g/mol. The second-order valence-corrected chi connectivity index (χ2v) is 4.87. The third kappa shape index (κ3) is 4.74. The number of aliphatic hydroxyl groups is 1. The van der Waals surface area contributed by atoms with Gasteiger partial charge in [-0.05, 0) is 18.5 Å². The van der Waals surface area contributed by atoms with Gasteiger partial charge in [-0.2, -0.15) is 0 Å². The van der Waals surface area contributed by atoms with Crippen LogP contribution < -0.4 is 16.0 Å². The molecule has 0 aromatic heterocycles. The predicted octanol–water partition coefficient (Wildman–Crippen LogP) is 0.0886. The molecular formula is C14H23N3O. The van der Waals surface area contributed by atoms with E-state index in [0.29, 0.717) is 19.1 Å². The van der Waals surface area contributed by atoms with Gasteiger partial charge in [0.2, 0.25) is 0 Å².